The van der Waals surface area contributed by atoms with E-state index in [1.807, 2.05) is 6.92 Å². The highest BCUT2D eigenvalue weighted by atomic mass is 19.1. The molecule has 1 aliphatic rings. The molecule has 5 nitrogen and oxygen atoms in total. The van der Waals surface area contributed by atoms with Crippen molar-refractivity contribution >= 4 is 11.8 Å². The number of halogens is 1. The lowest BCUT2D eigenvalue weighted by molar-refractivity contribution is 0.0524. The zero-order chi connectivity index (χ0) is 12.4. The number of aromatic nitrogens is 1. The molecule has 17 heavy (non-hydrogen) atoms. The zero-order valence-corrected chi connectivity index (χ0v) is 9.39. The Morgan fingerprint density at radius 2 is 2.47 bits per heavy atom. The molecule has 1 aromatic rings. The minimum absolute atomic E-state index is 0.0113. The van der Waals surface area contributed by atoms with Crippen molar-refractivity contribution in [1.82, 2.24) is 4.98 Å². The Kier molecular flexibility index (Phi) is 3.23. The van der Waals surface area contributed by atoms with Gasteiger partial charge in [-0.1, -0.05) is 0 Å². The number of aromatic carboxylic acids is 1. The van der Waals surface area contributed by atoms with Crippen LogP contribution in [0.15, 0.2) is 12.3 Å². The Balaban J connectivity index is 2.33. The van der Waals surface area contributed by atoms with Crippen molar-refractivity contribution in [2.75, 3.05) is 24.6 Å². The summed E-state index contributed by atoms with van der Waals surface area (Å²) in [7, 11) is 0. The molecule has 1 N–H and O–H groups in total. The molecule has 0 saturated carbocycles. The van der Waals surface area contributed by atoms with Crippen LogP contribution >= 0.6 is 0 Å². The van der Waals surface area contributed by atoms with E-state index < -0.39 is 11.8 Å². The zero-order valence-electron chi connectivity index (χ0n) is 9.39. The SMILES string of the molecule is CC1CN(c2ncc(F)cc2C(=O)O)CCO1. The Labute approximate surface area is 97.8 Å². The number of carboxylic acids is 1. The second kappa shape index (κ2) is 4.67. The van der Waals surface area contributed by atoms with Crippen LogP contribution in [0.25, 0.3) is 0 Å². The van der Waals surface area contributed by atoms with Crippen LogP contribution in [0, 0.1) is 5.82 Å². The molecule has 1 atom stereocenters. The molecule has 1 aromatic heterocycles. The number of carboxylic acid groups (broad SMARTS) is 1. The predicted octanol–water partition coefficient (Wildman–Crippen LogP) is 1.14. The van der Waals surface area contributed by atoms with Gasteiger partial charge in [0, 0.05) is 13.1 Å². The average molecular weight is 240 g/mol. The molecular formula is C11H13FN2O3. The third-order valence-corrected chi connectivity index (χ3v) is 2.60. The highest BCUT2D eigenvalue weighted by Gasteiger charge is 2.23. The van der Waals surface area contributed by atoms with Gasteiger partial charge in [-0.05, 0) is 13.0 Å². The van der Waals surface area contributed by atoms with Gasteiger partial charge in [-0.15, -0.1) is 0 Å². The summed E-state index contributed by atoms with van der Waals surface area (Å²) in [6.07, 6.45) is 1.04. The van der Waals surface area contributed by atoms with Crippen LogP contribution in [0.3, 0.4) is 0 Å². The summed E-state index contributed by atoms with van der Waals surface area (Å²) in [6.45, 7) is 3.53. The third-order valence-electron chi connectivity index (χ3n) is 2.60. The number of rotatable bonds is 2. The lowest BCUT2D eigenvalue weighted by Gasteiger charge is -2.32. The van der Waals surface area contributed by atoms with E-state index in [9.17, 15) is 9.18 Å². The third kappa shape index (κ3) is 2.52. The van der Waals surface area contributed by atoms with Crippen molar-refractivity contribution in [3.63, 3.8) is 0 Å². The molecule has 0 aliphatic carbocycles. The van der Waals surface area contributed by atoms with Crippen LogP contribution in [0.1, 0.15) is 17.3 Å². The summed E-state index contributed by atoms with van der Waals surface area (Å²) < 4.78 is 18.3. The molecule has 0 amide bonds. The van der Waals surface area contributed by atoms with E-state index in [-0.39, 0.29) is 11.7 Å². The van der Waals surface area contributed by atoms with Crippen LogP contribution < -0.4 is 4.90 Å². The second-order valence-corrected chi connectivity index (χ2v) is 3.96. The number of hydrogen-bond donors (Lipinski definition) is 1. The van der Waals surface area contributed by atoms with Crippen LogP contribution in [0.5, 0.6) is 0 Å². The summed E-state index contributed by atoms with van der Waals surface area (Å²) in [4.78, 5) is 16.7. The topological polar surface area (TPSA) is 62.7 Å². The van der Waals surface area contributed by atoms with Gasteiger partial charge < -0.3 is 14.7 Å². The van der Waals surface area contributed by atoms with E-state index >= 15 is 0 Å². The van der Waals surface area contributed by atoms with Gasteiger partial charge in [0.05, 0.1) is 18.9 Å². The molecule has 0 radical (unpaired) electrons. The second-order valence-electron chi connectivity index (χ2n) is 3.96. The van der Waals surface area contributed by atoms with E-state index in [2.05, 4.69) is 4.98 Å². The summed E-state index contributed by atoms with van der Waals surface area (Å²) in [5.41, 5.74) is -0.112. The fourth-order valence-electron chi connectivity index (χ4n) is 1.85. The first kappa shape index (κ1) is 11.8. The molecule has 92 valence electrons. The van der Waals surface area contributed by atoms with Crippen molar-refractivity contribution in [1.29, 1.82) is 0 Å². The predicted molar refractivity (Wildman–Crippen MR) is 58.8 cm³/mol. The largest absolute Gasteiger partial charge is 0.478 e. The Morgan fingerprint density at radius 1 is 1.71 bits per heavy atom. The highest BCUT2D eigenvalue weighted by molar-refractivity contribution is 5.93. The van der Waals surface area contributed by atoms with Gasteiger partial charge in [-0.25, -0.2) is 14.2 Å². The summed E-state index contributed by atoms with van der Waals surface area (Å²) in [5, 5.41) is 9.02. The Hall–Kier alpha value is -1.69. The molecule has 2 heterocycles. The molecule has 1 unspecified atom stereocenters. The quantitative estimate of drug-likeness (QED) is 0.840. The maximum absolute atomic E-state index is 13.0. The van der Waals surface area contributed by atoms with Gasteiger partial charge >= 0.3 is 5.97 Å². The van der Waals surface area contributed by atoms with Crippen molar-refractivity contribution < 1.29 is 19.0 Å². The van der Waals surface area contributed by atoms with Crippen molar-refractivity contribution in [3.05, 3.63) is 23.6 Å². The number of morpholine rings is 1. The van der Waals surface area contributed by atoms with E-state index in [1.165, 1.54) is 0 Å². The maximum Gasteiger partial charge on any atom is 0.339 e. The first-order valence-corrected chi connectivity index (χ1v) is 5.33. The van der Waals surface area contributed by atoms with Gasteiger partial charge in [0.1, 0.15) is 17.2 Å². The van der Waals surface area contributed by atoms with E-state index in [0.29, 0.717) is 25.5 Å². The lowest BCUT2D eigenvalue weighted by atomic mass is 10.2. The molecule has 2 rings (SSSR count). The van der Waals surface area contributed by atoms with Crippen molar-refractivity contribution in [2.24, 2.45) is 0 Å². The number of pyridine rings is 1. The molecule has 0 bridgehead atoms. The van der Waals surface area contributed by atoms with Gasteiger partial charge in [0.2, 0.25) is 0 Å². The van der Waals surface area contributed by atoms with E-state index in [4.69, 9.17) is 9.84 Å². The van der Waals surface area contributed by atoms with Gasteiger partial charge in [0.15, 0.2) is 0 Å². The molecule has 1 saturated heterocycles. The minimum Gasteiger partial charge on any atom is -0.478 e. The van der Waals surface area contributed by atoms with Crippen LogP contribution in [-0.4, -0.2) is 41.9 Å². The lowest BCUT2D eigenvalue weighted by Crippen LogP contribution is -2.42. The molecule has 1 fully saturated rings. The molecule has 0 aromatic carbocycles. The van der Waals surface area contributed by atoms with Crippen LogP contribution in [-0.2, 0) is 4.74 Å². The number of ether oxygens (including phenoxy) is 1. The van der Waals surface area contributed by atoms with Gasteiger partial charge in [0.25, 0.3) is 0 Å². The molecule has 0 spiro atoms. The molecule has 6 heteroatoms. The molecule has 1 aliphatic heterocycles. The van der Waals surface area contributed by atoms with Crippen molar-refractivity contribution in [2.45, 2.75) is 13.0 Å². The number of carbonyl (C=O) groups is 1. The first-order valence-electron chi connectivity index (χ1n) is 5.33. The van der Waals surface area contributed by atoms with E-state index in [0.717, 1.165) is 12.3 Å². The smallest absolute Gasteiger partial charge is 0.339 e. The standard InChI is InChI=1S/C11H13FN2O3/c1-7-6-14(2-3-17-7)10-9(11(15)16)4-8(12)5-13-10/h4-5,7H,2-3,6H2,1H3,(H,15,16). The Bertz CT molecular complexity index is 439. The van der Waals surface area contributed by atoms with Gasteiger partial charge in [-0.3, -0.25) is 0 Å². The number of anilines is 1. The molecular weight excluding hydrogens is 227 g/mol. The normalized spacial score (nSPS) is 20.4. The summed E-state index contributed by atoms with van der Waals surface area (Å²) in [5.74, 6) is -1.52. The van der Waals surface area contributed by atoms with Crippen molar-refractivity contribution in [3.8, 4) is 0 Å². The van der Waals surface area contributed by atoms with Crippen LogP contribution in [0.4, 0.5) is 10.2 Å². The number of hydrogen-bond acceptors (Lipinski definition) is 4. The van der Waals surface area contributed by atoms with Gasteiger partial charge in [-0.2, -0.15) is 0 Å². The minimum atomic E-state index is -1.17. The summed E-state index contributed by atoms with van der Waals surface area (Å²) in [6, 6.07) is 0.991. The highest BCUT2D eigenvalue weighted by Crippen LogP contribution is 2.21. The maximum atomic E-state index is 13.0. The fourth-order valence-corrected chi connectivity index (χ4v) is 1.85. The first-order chi connectivity index (χ1) is 8.08. The Morgan fingerprint density at radius 3 is 3.12 bits per heavy atom. The number of nitrogens with zero attached hydrogens (tertiary/aromatic N) is 2. The van der Waals surface area contributed by atoms with E-state index in [1.54, 1.807) is 4.90 Å². The summed E-state index contributed by atoms with van der Waals surface area (Å²) >= 11 is 0. The van der Waals surface area contributed by atoms with Crippen LogP contribution in [0.2, 0.25) is 0 Å². The average Bonchev–Trinajstić information content (AvgIpc) is 2.28. The monoisotopic (exact) mass is 240 g/mol. The fraction of sp³-hybridized carbons (Fsp3) is 0.455.